The molecule has 1 N–H and O–H groups in total. The molecule has 0 atom stereocenters. The average Bonchev–Trinajstić information content (AvgIpc) is 2.95. The highest BCUT2D eigenvalue weighted by Gasteiger charge is 2.38. The van der Waals surface area contributed by atoms with Gasteiger partial charge in [0.1, 0.15) is 11.4 Å². The number of benzene rings is 2. The molecule has 0 bridgehead atoms. The zero-order chi connectivity index (χ0) is 21.8. The van der Waals surface area contributed by atoms with Crippen molar-refractivity contribution in [3.8, 4) is 5.75 Å². The molecule has 1 heterocycles. The van der Waals surface area contributed by atoms with Crippen molar-refractivity contribution < 1.29 is 14.3 Å². The lowest BCUT2D eigenvalue weighted by Gasteiger charge is -2.15. The summed E-state index contributed by atoms with van der Waals surface area (Å²) in [5.74, 6) is 0.639. The SMILES string of the molecule is CCCN1C(=O)C(Nc2cccc(C)c2C)=C(c2ccc(OCC(C)C)cc2)C1=O. The van der Waals surface area contributed by atoms with Crippen LogP contribution in [0.5, 0.6) is 5.75 Å². The number of rotatable bonds is 8. The van der Waals surface area contributed by atoms with Gasteiger partial charge in [0, 0.05) is 12.2 Å². The van der Waals surface area contributed by atoms with Gasteiger partial charge in [-0.25, -0.2) is 0 Å². The molecule has 0 aromatic heterocycles. The van der Waals surface area contributed by atoms with Crippen molar-refractivity contribution in [1.29, 1.82) is 0 Å². The van der Waals surface area contributed by atoms with E-state index in [9.17, 15) is 9.59 Å². The number of anilines is 1. The molecule has 1 aliphatic heterocycles. The Morgan fingerprint density at radius 3 is 2.33 bits per heavy atom. The second-order valence-corrected chi connectivity index (χ2v) is 8.11. The second kappa shape index (κ2) is 9.16. The third-order valence-electron chi connectivity index (χ3n) is 5.21. The molecular formula is C25H30N2O3. The Labute approximate surface area is 178 Å². The molecule has 30 heavy (non-hydrogen) atoms. The fraction of sp³-hybridized carbons (Fsp3) is 0.360. The number of carbonyl (C=O) groups excluding carboxylic acids is 2. The molecule has 5 nitrogen and oxygen atoms in total. The first kappa shape index (κ1) is 21.6. The van der Waals surface area contributed by atoms with Crippen molar-refractivity contribution in [2.24, 2.45) is 5.92 Å². The maximum atomic E-state index is 13.1. The van der Waals surface area contributed by atoms with E-state index in [1.54, 1.807) is 0 Å². The quantitative estimate of drug-likeness (QED) is 0.631. The molecule has 2 aromatic carbocycles. The molecule has 5 heteroatoms. The normalized spacial score (nSPS) is 14.1. The molecule has 2 aromatic rings. The standard InChI is InChI=1S/C25H30N2O3/c1-6-14-27-24(28)22(19-10-12-20(13-11-19)30-15-16(2)3)23(25(27)29)26-21-9-7-8-17(4)18(21)5/h7-13,16,26H,6,14-15H2,1-5H3. The summed E-state index contributed by atoms with van der Waals surface area (Å²) in [6.07, 6.45) is 0.712. The van der Waals surface area contributed by atoms with Gasteiger partial charge in [0.15, 0.2) is 0 Å². The van der Waals surface area contributed by atoms with Gasteiger partial charge in [-0.3, -0.25) is 14.5 Å². The summed E-state index contributed by atoms with van der Waals surface area (Å²) in [6, 6.07) is 13.3. The zero-order valence-corrected chi connectivity index (χ0v) is 18.4. The van der Waals surface area contributed by atoms with E-state index in [4.69, 9.17) is 4.74 Å². The van der Waals surface area contributed by atoms with E-state index < -0.39 is 0 Å². The first-order valence-corrected chi connectivity index (χ1v) is 10.5. The van der Waals surface area contributed by atoms with Gasteiger partial charge in [-0.15, -0.1) is 0 Å². The van der Waals surface area contributed by atoms with Crippen LogP contribution < -0.4 is 10.1 Å². The van der Waals surface area contributed by atoms with Gasteiger partial charge in [0.25, 0.3) is 11.8 Å². The largest absolute Gasteiger partial charge is 0.493 e. The molecule has 0 fully saturated rings. The molecule has 0 saturated carbocycles. The van der Waals surface area contributed by atoms with Gasteiger partial charge >= 0.3 is 0 Å². The average molecular weight is 407 g/mol. The van der Waals surface area contributed by atoms with E-state index in [1.807, 2.05) is 63.2 Å². The minimum absolute atomic E-state index is 0.259. The number of carbonyl (C=O) groups is 2. The summed E-state index contributed by atoms with van der Waals surface area (Å²) in [5.41, 5.74) is 4.45. The van der Waals surface area contributed by atoms with Crippen LogP contribution in [0.15, 0.2) is 48.2 Å². The maximum absolute atomic E-state index is 13.1. The van der Waals surface area contributed by atoms with Gasteiger partial charge in [-0.1, -0.05) is 45.0 Å². The van der Waals surface area contributed by atoms with Crippen LogP contribution in [0.3, 0.4) is 0 Å². The van der Waals surface area contributed by atoms with Crippen LogP contribution in [-0.4, -0.2) is 29.9 Å². The van der Waals surface area contributed by atoms with Gasteiger partial charge in [0.2, 0.25) is 0 Å². The van der Waals surface area contributed by atoms with Crippen LogP contribution in [0.2, 0.25) is 0 Å². The van der Waals surface area contributed by atoms with Gasteiger partial charge in [-0.2, -0.15) is 0 Å². The van der Waals surface area contributed by atoms with E-state index in [1.165, 1.54) is 4.90 Å². The van der Waals surface area contributed by atoms with E-state index >= 15 is 0 Å². The highest BCUT2D eigenvalue weighted by atomic mass is 16.5. The highest BCUT2D eigenvalue weighted by Crippen LogP contribution is 2.32. The number of aryl methyl sites for hydroxylation is 1. The number of amides is 2. The Morgan fingerprint density at radius 2 is 1.70 bits per heavy atom. The fourth-order valence-electron chi connectivity index (χ4n) is 3.39. The van der Waals surface area contributed by atoms with Crippen LogP contribution in [0.4, 0.5) is 5.69 Å². The first-order valence-electron chi connectivity index (χ1n) is 10.5. The monoisotopic (exact) mass is 406 g/mol. The van der Waals surface area contributed by atoms with Crippen molar-refractivity contribution in [2.75, 3.05) is 18.5 Å². The highest BCUT2D eigenvalue weighted by molar-refractivity contribution is 6.36. The summed E-state index contributed by atoms with van der Waals surface area (Å²) in [7, 11) is 0. The Bertz CT molecular complexity index is 974. The first-order chi connectivity index (χ1) is 14.3. The fourth-order valence-corrected chi connectivity index (χ4v) is 3.39. The molecule has 0 radical (unpaired) electrons. The Hall–Kier alpha value is -3.08. The summed E-state index contributed by atoms with van der Waals surface area (Å²) < 4.78 is 5.75. The summed E-state index contributed by atoms with van der Waals surface area (Å²) in [5, 5.41) is 3.26. The lowest BCUT2D eigenvalue weighted by atomic mass is 10.0. The summed E-state index contributed by atoms with van der Waals surface area (Å²) in [4.78, 5) is 27.6. The minimum Gasteiger partial charge on any atom is -0.493 e. The Morgan fingerprint density at radius 1 is 1.00 bits per heavy atom. The number of nitrogens with one attached hydrogen (secondary N) is 1. The smallest absolute Gasteiger partial charge is 0.278 e. The van der Waals surface area contributed by atoms with E-state index in [0.717, 1.165) is 22.6 Å². The van der Waals surface area contributed by atoms with Crippen molar-refractivity contribution in [2.45, 2.75) is 41.0 Å². The van der Waals surface area contributed by atoms with Gasteiger partial charge < -0.3 is 10.1 Å². The third-order valence-corrected chi connectivity index (χ3v) is 5.21. The topological polar surface area (TPSA) is 58.6 Å². The van der Waals surface area contributed by atoms with E-state index in [-0.39, 0.29) is 11.8 Å². The van der Waals surface area contributed by atoms with Crippen LogP contribution in [-0.2, 0) is 9.59 Å². The number of ether oxygens (including phenoxy) is 1. The summed E-state index contributed by atoms with van der Waals surface area (Å²) >= 11 is 0. The minimum atomic E-state index is -0.280. The molecule has 0 spiro atoms. The van der Waals surface area contributed by atoms with Crippen LogP contribution in [0.25, 0.3) is 5.57 Å². The molecule has 0 unspecified atom stereocenters. The number of hydrogen-bond donors (Lipinski definition) is 1. The molecular weight excluding hydrogens is 376 g/mol. The Kier molecular flexibility index (Phi) is 6.60. The lowest BCUT2D eigenvalue weighted by Crippen LogP contribution is -2.33. The number of hydrogen-bond acceptors (Lipinski definition) is 4. The van der Waals surface area contributed by atoms with E-state index in [0.29, 0.717) is 42.3 Å². The second-order valence-electron chi connectivity index (χ2n) is 8.11. The zero-order valence-electron chi connectivity index (χ0n) is 18.4. The number of imide groups is 1. The lowest BCUT2D eigenvalue weighted by molar-refractivity contribution is -0.136. The molecule has 158 valence electrons. The molecule has 0 saturated heterocycles. The molecule has 1 aliphatic rings. The predicted molar refractivity (Wildman–Crippen MR) is 120 cm³/mol. The molecule has 3 rings (SSSR count). The maximum Gasteiger partial charge on any atom is 0.278 e. The van der Waals surface area contributed by atoms with Crippen molar-refractivity contribution >= 4 is 23.1 Å². The van der Waals surface area contributed by atoms with Crippen LogP contribution in [0.1, 0.15) is 43.9 Å². The molecule has 2 amide bonds. The Balaban J connectivity index is 2.00. The van der Waals surface area contributed by atoms with Crippen molar-refractivity contribution in [3.63, 3.8) is 0 Å². The predicted octanol–water partition coefficient (Wildman–Crippen LogP) is 4.94. The summed E-state index contributed by atoms with van der Waals surface area (Å²) in [6.45, 7) is 11.2. The van der Waals surface area contributed by atoms with Crippen LogP contribution >= 0.6 is 0 Å². The van der Waals surface area contributed by atoms with Crippen LogP contribution in [0, 0.1) is 19.8 Å². The van der Waals surface area contributed by atoms with Crippen molar-refractivity contribution in [3.05, 3.63) is 64.9 Å². The number of nitrogens with zero attached hydrogens (tertiary/aromatic N) is 1. The van der Waals surface area contributed by atoms with E-state index in [2.05, 4.69) is 19.2 Å². The molecule has 0 aliphatic carbocycles. The van der Waals surface area contributed by atoms with Gasteiger partial charge in [0.05, 0.1) is 12.2 Å². The third kappa shape index (κ3) is 4.40. The van der Waals surface area contributed by atoms with Crippen molar-refractivity contribution in [1.82, 2.24) is 4.90 Å². The van der Waals surface area contributed by atoms with Gasteiger partial charge in [-0.05, 0) is 61.1 Å².